The average molecular weight is 401 g/mol. The van der Waals surface area contributed by atoms with Crippen molar-refractivity contribution in [1.29, 1.82) is 5.26 Å². The lowest BCUT2D eigenvalue weighted by Gasteiger charge is -2.13. The average Bonchev–Trinajstić information content (AvgIpc) is 2.61. The van der Waals surface area contributed by atoms with Gasteiger partial charge in [-0.05, 0) is 42.3 Å². The molecule has 148 valence electrons. The lowest BCUT2D eigenvalue weighted by Crippen LogP contribution is -2.35. The molecule has 5 nitrogen and oxygen atoms in total. The number of pyridine rings is 1. The van der Waals surface area contributed by atoms with E-state index in [1.54, 1.807) is 24.5 Å². The number of rotatable bonds is 4. The van der Waals surface area contributed by atoms with E-state index in [1.807, 2.05) is 0 Å². The summed E-state index contributed by atoms with van der Waals surface area (Å²) >= 11 is 0. The van der Waals surface area contributed by atoms with Crippen LogP contribution in [0.25, 0.3) is 0 Å². The first-order chi connectivity index (χ1) is 13.1. The molecule has 0 aliphatic carbocycles. The Balaban J connectivity index is 2.28. The van der Waals surface area contributed by atoms with Crippen LogP contribution in [0.15, 0.2) is 47.7 Å². The van der Waals surface area contributed by atoms with Gasteiger partial charge in [-0.3, -0.25) is 10.3 Å². The molecule has 0 unspecified atom stereocenters. The van der Waals surface area contributed by atoms with E-state index in [1.165, 1.54) is 6.19 Å². The van der Waals surface area contributed by atoms with Gasteiger partial charge in [-0.1, -0.05) is 0 Å². The molecule has 0 bridgehead atoms. The molecular weight excluding hydrogens is 388 g/mol. The van der Waals surface area contributed by atoms with E-state index < -0.39 is 29.2 Å². The number of benzene rings is 1. The van der Waals surface area contributed by atoms with Gasteiger partial charge in [-0.2, -0.15) is 31.6 Å². The van der Waals surface area contributed by atoms with Gasteiger partial charge in [-0.15, -0.1) is 0 Å². The van der Waals surface area contributed by atoms with Crippen molar-refractivity contribution in [3.8, 4) is 6.19 Å². The van der Waals surface area contributed by atoms with Crippen molar-refractivity contribution < 1.29 is 26.3 Å². The fourth-order valence-electron chi connectivity index (χ4n) is 2.17. The first-order valence-electron chi connectivity index (χ1n) is 7.75. The van der Waals surface area contributed by atoms with Crippen LogP contribution < -0.4 is 10.6 Å². The van der Waals surface area contributed by atoms with Crippen molar-refractivity contribution >= 4 is 11.6 Å². The van der Waals surface area contributed by atoms with Crippen LogP contribution in [-0.2, 0) is 18.8 Å². The number of alkyl halides is 6. The molecule has 28 heavy (non-hydrogen) atoms. The summed E-state index contributed by atoms with van der Waals surface area (Å²) in [5, 5.41) is 13.5. The highest BCUT2D eigenvalue weighted by Crippen LogP contribution is 2.38. The van der Waals surface area contributed by atoms with Crippen molar-refractivity contribution in [3.63, 3.8) is 0 Å². The van der Waals surface area contributed by atoms with Crippen LogP contribution in [0.4, 0.5) is 32.0 Å². The summed E-state index contributed by atoms with van der Waals surface area (Å²) in [5.74, 6) is -0.274. The Kier molecular flexibility index (Phi) is 6.45. The fourth-order valence-corrected chi connectivity index (χ4v) is 2.17. The summed E-state index contributed by atoms with van der Waals surface area (Å²) in [6, 6.07) is 4.42. The maximum Gasteiger partial charge on any atom is 0.416 e. The first kappa shape index (κ1) is 21.0. The summed E-state index contributed by atoms with van der Waals surface area (Å²) in [6.07, 6.45) is -4.84. The van der Waals surface area contributed by atoms with Gasteiger partial charge in [0.15, 0.2) is 6.19 Å². The van der Waals surface area contributed by atoms with E-state index in [-0.39, 0.29) is 18.6 Å². The summed E-state index contributed by atoms with van der Waals surface area (Å²) < 4.78 is 77.4. The fraction of sp³-hybridized carbons (Fsp3) is 0.235. The standard InChI is InChI=1S/C17H13F6N5/c18-16(19,20)12-7-13(17(21,22)23)9-14(8-12)28-15(27-10-24)26-6-3-11-1-4-25-5-2-11/h1-2,4-5,7-9H,3,6H2,(H2,26,27,28). The second-order valence-electron chi connectivity index (χ2n) is 5.49. The zero-order valence-corrected chi connectivity index (χ0v) is 14.1. The van der Waals surface area contributed by atoms with Gasteiger partial charge in [0.1, 0.15) is 0 Å². The monoisotopic (exact) mass is 401 g/mol. The maximum atomic E-state index is 12.9. The molecule has 1 heterocycles. The molecule has 0 spiro atoms. The molecule has 1 aromatic heterocycles. The minimum Gasteiger partial charge on any atom is -0.355 e. The molecule has 0 radical (unpaired) electrons. The van der Waals surface area contributed by atoms with Crippen LogP contribution in [0.5, 0.6) is 0 Å². The predicted molar refractivity (Wildman–Crippen MR) is 88.2 cm³/mol. The van der Waals surface area contributed by atoms with E-state index in [0.29, 0.717) is 18.6 Å². The number of guanidine groups is 1. The number of hydrogen-bond donors (Lipinski definition) is 2. The highest BCUT2D eigenvalue weighted by molar-refractivity contribution is 5.84. The van der Waals surface area contributed by atoms with Crippen molar-refractivity contribution in [1.82, 2.24) is 15.6 Å². The molecule has 0 amide bonds. The van der Waals surface area contributed by atoms with Gasteiger partial charge in [0.25, 0.3) is 0 Å². The molecule has 0 saturated carbocycles. The Bertz CT molecular complexity index is 836. The molecule has 11 heteroatoms. The largest absolute Gasteiger partial charge is 0.416 e. The minimum absolute atomic E-state index is 0.00722. The minimum atomic E-state index is -4.98. The van der Waals surface area contributed by atoms with Gasteiger partial charge in [0.2, 0.25) is 5.96 Å². The Morgan fingerprint density at radius 1 is 1.00 bits per heavy atom. The van der Waals surface area contributed by atoms with Gasteiger partial charge < -0.3 is 5.32 Å². The van der Waals surface area contributed by atoms with Gasteiger partial charge in [0, 0.05) is 18.9 Å². The van der Waals surface area contributed by atoms with Crippen LogP contribution in [0.3, 0.4) is 0 Å². The number of aliphatic imine (C=N–C) groups is 1. The molecule has 0 saturated heterocycles. The number of hydrogen-bond acceptors (Lipinski definition) is 3. The van der Waals surface area contributed by atoms with E-state index in [2.05, 4.69) is 20.6 Å². The third kappa shape index (κ3) is 6.15. The molecule has 0 aliphatic heterocycles. The highest BCUT2D eigenvalue weighted by atomic mass is 19.4. The van der Waals surface area contributed by atoms with Crippen LogP contribution in [0.1, 0.15) is 16.7 Å². The van der Waals surface area contributed by atoms with E-state index in [0.717, 1.165) is 5.56 Å². The Morgan fingerprint density at radius 3 is 2.07 bits per heavy atom. The predicted octanol–water partition coefficient (Wildman–Crippen LogP) is 4.01. The summed E-state index contributed by atoms with van der Waals surface area (Å²) in [4.78, 5) is 7.53. The van der Waals surface area contributed by atoms with Gasteiger partial charge >= 0.3 is 12.4 Å². The lowest BCUT2D eigenvalue weighted by atomic mass is 10.1. The number of nitrogens with zero attached hydrogens (tertiary/aromatic N) is 3. The summed E-state index contributed by atoms with van der Waals surface area (Å²) in [5.41, 5.74) is -2.70. The molecule has 0 aliphatic rings. The summed E-state index contributed by atoms with van der Waals surface area (Å²) in [7, 11) is 0. The van der Waals surface area contributed by atoms with Crippen molar-refractivity contribution in [2.24, 2.45) is 4.99 Å². The summed E-state index contributed by atoms with van der Waals surface area (Å²) in [6.45, 7) is 0.225. The lowest BCUT2D eigenvalue weighted by molar-refractivity contribution is -0.143. The van der Waals surface area contributed by atoms with Crippen LogP contribution >= 0.6 is 0 Å². The normalized spacial score (nSPS) is 12.4. The zero-order chi connectivity index (χ0) is 20.8. The van der Waals surface area contributed by atoms with Crippen molar-refractivity contribution in [3.05, 3.63) is 59.4 Å². The van der Waals surface area contributed by atoms with E-state index in [9.17, 15) is 26.3 Å². The number of aromatic nitrogens is 1. The zero-order valence-electron chi connectivity index (χ0n) is 14.1. The topological polar surface area (TPSA) is 73.1 Å². The van der Waals surface area contributed by atoms with Crippen LogP contribution in [0, 0.1) is 11.5 Å². The SMILES string of the molecule is N#CNC(=Nc1cc(C(F)(F)F)cc(C(F)(F)F)c1)NCCc1ccncc1. The number of nitriles is 1. The molecule has 2 N–H and O–H groups in total. The second-order valence-corrected chi connectivity index (χ2v) is 5.49. The molecule has 2 aromatic rings. The van der Waals surface area contributed by atoms with E-state index >= 15 is 0 Å². The quantitative estimate of drug-likeness (QED) is 0.267. The van der Waals surface area contributed by atoms with Crippen LogP contribution in [0.2, 0.25) is 0 Å². The van der Waals surface area contributed by atoms with E-state index in [4.69, 9.17) is 5.26 Å². The van der Waals surface area contributed by atoms with Crippen molar-refractivity contribution in [2.75, 3.05) is 6.54 Å². The highest BCUT2D eigenvalue weighted by Gasteiger charge is 2.37. The Labute approximate surface area is 155 Å². The molecule has 0 fully saturated rings. The third-order valence-electron chi connectivity index (χ3n) is 3.44. The molecule has 2 rings (SSSR count). The smallest absolute Gasteiger partial charge is 0.355 e. The number of nitrogens with one attached hydrogen (secondary N) is 2. The van der Waals surface area contributed by atoms with Gasteiger partial charge in [0.05, 0.1) is 16.8 Å². The first-order valence-corrected chi connectivity index (χ1v) is 7.75. The Hall–Kier alpha value is -3.29. The molecule has 1 aromatic carbocycles. The second kappa shape index (κ2) is 8.60. The molecule has 0 atom stereocenters. The van der Waals surface area contributed by atoms with Crippen LogP contribution in [-0.4, -0.2) is 17.5 Å². The molecular formula is C17H13F6N5. The van der Waals surface area contributed by atoms with Gasteiger partial charge in [-0.25, -0.2) is 4.99 Å². The maximum absolute atomic E-state index is 12.9. The number of halogens is 6. The van der Waals surface area contributed by atoms with Crippen molar-refractivity contribution in [2.45, 2.75) is 18.8 Å². The third-order valence-corrected chi connectivity index (χ3v) is 3.44. The Morgan fingerprint density at radius 2 is 1.57 bits per heavy atom.